The molecule has 2 saturated heterocycles. The average Bonchev–Trinajstić information content (AvgIpc) is 3.33. The van der Waals surface area contributed by atoms with Crippen molar-refractivity contribution in [3.63, 3.8) is 0 Å². The van der Waals surface area contributed by atoms with Crippen molar-refractivity contribution in [1.29, 1.82) is 0 Å². The number of carbonyl (C=O) groups is 2. The predicted octanol–water partition coefficient (Wildman–Crippen LogP) is 2.57. The second kappa shape index (κ2) is 8.52. The van der Waals surface area contributed by atoms with E-state index in [1.807, 2.05) is 11.0 Å². The van der Waals surface area contributed by atoms with Gasteiger partial charge in [-0.25, -0.2) is 0 Å². The molecule has 1 aromatic heterocycles. The van der Waals surface area contributed by atoms with Crippen LogP contribution in [0.3, 0.4) is 0 Å². The zero-order valence-corrected chi connectivity index (χ0v) is 15.1. The number of amides is 2. The molecule has 0 unspecified atom stereocenters. The Balaban J connectivity index is 1.46. The summed E-state index contributed by atoms with van der Waals surface area (Å²) < 4.78 is 5.77. The largest absolute Gasteiger partial charge is 0.454 e. The maximum absolute atomic E-state index is 12.2. The fourth-order valence-corrected chi connectivity index (χ4v) is 3.68. The van der Waals surface area contributed by atoms with Gasteiger partial charge in [0, 0.05) is 26.1 Å². The maximum Gasteiger partial charge on any atom is 0.287 e. The quantitative estimate of drug-likeness (QED) is 0.859. The number of piperidine rings is 1. The summed E-state index contributed by atoms with van der Waals surface area (Å²) in [5, 5.41) is 2.79. The fraction of sp³-hybridized carbons (Fsp3) is 0.684. The van der Waals surface area contributed by atoms with E-state index in [2.05, 4.69) is 17.1 Å². The van der Waals surface area contributed by atoms with Crippen LogP contribution in [0.2, 0.25) is 0 Å². The maximum atomic E-state index is 12.2. The first-order valence-corrected chi connectivity index (χ1v) is 9.55. The highest BCUT2D eigenvalue weighted by molar-refractivity contribution is 5.91. The SMILES string of the molecule is C[C@@H](c1ccc(C(=O)NCCC(=O)N2CCCC2)o1)N1CCCCC1. The van der Waals surface area contributed by atoms with Crippen LogP contribution < -0.4 is 5.32 Å². The molecule has 0 spiro atoms. The Morgan fingerprint density at radius 1 is 1.08 bits per heavy atom. The van der Waals surface area contributed by atoms with Crippen molar-refractivity contribution in [2.24, 2.45) is 0 Å². The van der Waals surface area contributed by atoms with Crippen LogP contribution in [0.25, 0.3) is 0 Å². The van der Waals surface area contributed by atoms with E-state index < -0.39 is 0 Å². The number of rotatable bonds is 6. The van der Waals surface area contributed by atoms with Gasteiger partial charge in [-0.1, -0.05) is 6.42 Å². The summed E-state index contributed by atoms with van der Waals surface area (Å²) in [6.45, 7) is 6.35. The van der Waals surface area contributed by atoms with E-state index in [4.69, 9.17) is 4.42 Å². The fourth-order valence-electron chi connectivity index (χ4n) is 3.68. The molecule has 1 N–H and O–H groups in total. The van der Waals surface area contributed by atoms with Crippen molar-refractivity contribution in [3.05, 3.63) is 23.7 Å². The van der Waals surface area contributed by atoms with Gasteiger partial charge in [0.2, 0.25) is 5.91 Å². The third-order valence-corrected chi connectivity index (χ3v) is 5.28. The van der Waals surface area contributed by atoms with Crippen LogP contribution in [0.4, 0.5) is 0 Å². The lowest BCUT2D eigenvalue weighted by Gasteiger charge is -2.31. The first-order valence-electron chi connectivity index (χ1n) is 9.55. The van der Waals surface area contributed by atoms with Gasteiger partial charge in [0.1, 0.15) is 5.76 Å². The van der Waals surface area contributed by atoms with Gasteiger partial charge in [0.15, 0.2) is 5.76 Å². The molecule has 138 valence electrons. The van der Waals surface area contributed by atoms with Crippen LogP contribution in [-0.2, 0) is 4.79 Å². The summed E-state index contributed by atoms with van der Waals surface area (Å²) in [4.78, 5) is 28.5. The van der Waals surface area contributed by atoms with Gasteiger partial charge in [0.05, 0.1) is 6.04 Å². The normalized spacial score (nSPS) is 19.8. The average molecular weight is 347 g/mol. The lowest BCUT2D eigenvalue weighted by atomic mass is 10.1. The third-order valence-electron chi connectivity index (χ3n) is 5.28. The van der Waals surface area contributed by atoms with E-state index in [9.17, 15) is 9.59 Å². The molecule has 1 atom stereocenters. The Bertz CT molecular complexity index is 586. The number of furan rings is 1. The highest BCUT2D eigenvalue weighted by Gasteiger charge is 2.22. The molecule has 25 heavy (non-hydrogen) atoms. The molecular formula is C19H29N3O3. The standard InChI is InChI=1S/C19H29N3O3/c1-15(21-11-3-2-4-12-21)16-7-8-17(25-16)19(24)20-10-9-18(23)22-13-5-6-14-22/h7-8,15H,2-6,9-14H2,1H3,(H,20,24)/t15-/m0/s1. The first-order chi connectivity index (χ1) is 12.1. The Morgan fingerprint density at radius 2 is 1.76 bits per heavy atom. The van der Waals surface area contributed by atoms with Gasteiger partial charge < -0.3 is 14.6 Å². The molecule has 1 aromatic rings. The van der Waals surface area contributed by atoms with Crippen LogP contribution in [0, 0.1) is 0 Å². The van der Waals surface area contributed by atoms with Crippen molar-refractivity contribution in [1.82, 2.24) is 15.1 Å². The summed E-state index contributed by atoms with van der Waals surface area (Å²) in [6.07, 6.45) is 6.27. The number of carbonyl (C=O) groups excluding carboxylic acids is 2. The van der Waals surface area contributed by atoms with E-state index in [1.165, 1.54) is 19.3 Å². The Morgan fingerprint density at radius 3 is 2.48 bits per heavy atom. The predicted molar refractivity (Wildman–Crippen MR) is 95.3 cm³/mol. The van der Waals surface area contributed by atoms with Gasteiger partial charge in [-0.2, -0.15) is 0 Å². The molecule has 6 heteroatoms. The second-order valence-electron chi connectivity index (χ2n) is 7.07. The number of likely N-dealkylation sites (tertiary alicyclic amines) is 2. The highest BCUT2D eigenvalue weighted by Crippen LogP contribution is 2.25. The van der Waals surface area contributed by atoms with Crippen LogP contribution in [0.15, 0.2) is 16.5 Å². The second-order valence-corrected chi connectivity index (χ2v) is 7.07. The minimum absolute atomic E-state index is 0.122. The molecular weight excluding hydrogens is 318 g/mol. The van der Waals surface area contributed by atoms with Gasteiger partial charge >= 0.3 is 0 Å². The monoisotopic (exact) mass is 347 g/mol. The molecule has 0 radical (unpaired) electrons. The van der Waals surface area contributed by atoms with Crippen LogP contribution in [-0.4, -0.2) is 54.3 Å². The van der Waals surface area contributed by atoms with Crippen molar-refractivity contribution < 1.29 is 14.0 Å². The molecule has 2 aliphatic rings. The Hall–Kier alpha value is -1.82. The summed E-state index contributed by atoms with van der Waals surface area (Å²) >= 11 is 0. The first kappa shape index (κ1) is 18.0. The van der Waals surface area contributed by atoms with Gasteiger partial charge in [-0.05, 0) is 57.8 Å². The van der Waals surface area contributed by atoms with Crippen LogP contribution in [0.1, 0.15) is 67.8 Å². The van der Waals surface area contributed by atoms with Gasteiger partial charge in [-0.3, -0.25) is 14.5 Å². The zero-order valence-electron chi connectivity index (χ0n) is 15.1. The van der Waals surface area contributed by atoms with Crippen LogP contribution >= 0.6 is 0 Å². The number of hydrogen-bond donors (Lipinski definition) is 1. The molecule has 0 aliphatic carbocycles. The molecule has 0 saturated carbocycles. The number of nitrogens with zero attached hydrogens (tertiary/aromatic N) is 2. The smallest absolute Gasteiger partial charge is 0.287 e. The van der Waals surface area contributed by atoms with E-state index in [0.29, 0.717) is 18.7 Å². The van der Waals surface area contributed by atoms with Crippen molar-refractivity contribution in [3.8, 4) is 0 Å². The molecule has 2 fully saturated rings. The van der Waals surface area contributed by atoms with Crippen LogP contribution in [0.5, 0.6) is 0 Å². The third kappa shape index (κ3) is 4.63. The topological polar surface area (TPSA) is 65.8 Å². The van der Waals surface area contributed by atoms with Gasteiger partial charge in [0.25, 0.3) is 5.91 Å². The van der Waals surface area contributed by atoms with E-state index in [-0.39, 0.29) is 17.9 Å². The van der Waals surface area contributed by atoms with E-state index in [1.54, 1.807) is 6.07 Å². The summed E-state index contributed by atoms with van der Waals surface area (Å²) in [6, 6.07) is 3.82. The highest BCUT2D eigenvalue weighted by atomic mass is 16.4. The molecule has 6 nitrogen and oxygen atoms in total. The van der Waals surface area contributed by atoms with E-state index >= 15 is 0 Å². The Kier molecular flexibility index (Phi) is 6.13. The lowest BCUT2D eigenvalue weighted by Crippen LogP contribution is -2.32. The molecule has 2 aliphatic heterocycles. The molecule has 3 heterocycles. The lowest BCUT2D eigenvalue weighted by molar-refractivity contribution is -0.129. The summed E-state index contributed by atoms with van der Waals surface area (Å²) in [5.41, 5.74) is 0. The van der Waals surface area contributed by atoms with Crippen molar-refractivity contribution >= 4 is 11.8 Å². The number of hydrogen-bond acceptors (Lipinski definition) is 4. The minimum atomic E-state index is -0.244. The van der Waals surface area contributed by atoms with Gasteiger partial charge in [-0.15, -0.1) is 0 Å². The molecule has 2 amide bonds. The van der Waals surface area contributed by atoms with Crippen molar-refractivity contribution in [2.75, 3.05) is 32.7 Å². The van der Waals surface area contributed by atoms with E-state index in [0.717, 1.165) is 44.8 Å². The molecule has 0 bridgehead atoms. The molecule has 0 aromatic carbocycles. The number of nitrogens with one attached hydrogen (secondary N) is 1. The summed E-state index contributed by atoms with van der Waals surface area (Å²) in [7, 11) is 0. The van der Waals surface area contributed by atoms with Crippen molar-refractivity contribution in [2.45, 2.75) is 51.5 Å². The zero-order chi connectivity index (χ0) is 17.6. The minimum Gasteiger partial charge on any atom is -0.454 e. The summed E-state index contributed by atoms with van der Waals surface area (Å²) in [5.74, 6) is 1.04. The Labute approximate surface area is 149 Å². The molecule has 3 rings (SSSR count).